The highest BCUT2D eigenvalue weighted by molar-refractivity contribution is 7.47. The molecule has 2 unspecified atom stereocenters. The molecule has 44 heavy (non-hydrogen) atoms. The van der Waals surface area contributed by atoms with E-state index in [1.54, 1.807) is 0 Å². The molecule has 0 aliphatic rings. The molecule has 9 nitrogen and oxygen atoms in total. The Bertz CT molecular complexity index is 789. The van der Waals surface area contributed by atoms with Crippen LogP contribution in [0.15, 0.2) is 24.3 Å². The van der Waals surface area contributed by atoms with Gasteiger partial charge in [0.25, 0.3) is 0 Å². The first-order chi connectivity index (χ1) is 21.3. The van der Waals surface area contributed by atoms with E-state index in [1.807, 2.05) is 0 Å². The maximum Gasteiger partial charge on any atom is 0.472 e. The number of aliphatic hydroxyl groups is 1. The topological polar surface area (TPSA) is 131 Å². The Balaban J connectivity index is 3.60. The number of phosphoric ester groups is 1. The summed E-state index contributed by atoms with van der Waals surface area (Å²) in [6.45, 7) is 3.40. The molecule has 0 spiro atoms. The first kappa shape index (κ1) is 42.5. The molecule has 10 heteroatoms. The highest BCUT2D eigenvalue weighted by atomic mass is 31.2. The molecule has 0 fully saturated rings. The van der Waals surface area contributed by atoms with E-state index in [0.29, 0.717) is 6.42 Å². The third-order valence-electron chi connectivity index (χ3n) is 7.13. The number of unbranched alkanes of at least 4 members (excludes halogenated alkanes) is 15. The van der Waals surface area contributed by atoms with Crippen molar-refractivity contribution < 1.29 is 37.9 Å². The summed E-state index contributed by atoms with van der Waals surface area (Å²) in [7, 11) is -4.40. The molecular formula is C34H64NO8P. The van der Waals surface area contributed by atoms with Gasteiger partial charge in [-0.2, -0.15) is 0 Å². The van der Waals surface area contributed by atoms with Gasteiger partial charge in [0, 0.05) is 19.4 Å². The number of carbonyl (C=O) groups is 2. The lowest BCUT2D eigenvalue weighted by Gasteiger charge is -2.15. The summed E-state index contributed by atoms with van der Waals surface area (Å²) >= 11 is 0. The third kappa shape index (κ3) is 31.9. The van der Waals surface area contributed by atoms with Crippen molar-refractivity contribution >= 4 is 19.7 Å². The molecule has 0 aliphatic heterocycles. The Morgan fingerprint density at radius 2 is 1.23 bits per heavy atom. The number of nitrogens with one attached hydrogen (secondary N) is 1. The van der Waals surface area contributed by atoms with Crippen LogP contribution in [0, 0.1) is 0 Å². The van der Waals surface area contributed by atoms with Crippen molar-refractivity contribution in [1.82, 2.24) is 5.32 Å². The maximum atomic E-state index is 12.0. The van der Waals surface area contributed by atoms with Gasteiger partial charge >= 0.3 is 13.8 Å². The third-order valence-corrected chi connectivity index (χ3v) is 8.12. The number of rotatable bonds is 32. The average Bonchev–Trinajstić information content (AvgIpc) is 3.00. The fraction of sp³-hybridized carbons (Fsp3) is 0.824. The Labute approximate surface area is 268 Å². The molecule has 0 heterocycles. The zero-order chi connectivity index (χ0) is 32.6. The number of aliphatic hydroxyl groups excluding tert-OH is 1. The molecular weight excluding hydrogens is 581 g/mol. The zero-order valence-electron chi connectivity index (χ0n) is 27.9. The maximum absolute atomic E-state index is 12.0. The lowest BCUT2D eigenvalue weighted by molar-refractivity contribution is -0.147. The van der Waals surface area contributed by atoms with Crippen molar-refractivity contribution in [2.75, 3.05) is 26.4 Å². The van der Waals surface area contributed by atoms with Crippen LogP contribution in [0.2, 0.25) is 0 Å². The van der Waals surface area contributed by atoms with E-state index in [0.717, 1.165) is 64.2 Å². The summed E-state index contributed by atoms with van der Waals surface area (Å²) in [5.41, 5.74) is 0. The summed E-state index contributed by atoms with van der Waals surface area (Å²) < 4.78 is 26.5. The number of hydrogen-bond acceptors (Lipinski definition) is 7. The molecule has 3 N–H and O–H groups in total. The van der Waals surface area contributed by atoms with Crippen LogP contribution in [-0.2, 0) is 27.9 Å². The number of allylic oxidation sites excluding steroid dienone is 4. The second-order valence-corrected chi connectivity index (χ2v) is 12.9. The van der Waals surface area contributed by atoms with E-state index in [-0.39, 0.29) is 32.1 Å². The second kappa shape index (κ2) is 31.5. The molecule has 0 saturated heterocycles. The highest BCUT2D eigenvalue weighted by Crippen LogP contribution is 2.42. The second-order valence-electron chi connectivity index (χ2n) is 11.5. The summed E-state index contributed by atoms with van der Waals surface area (Å²) in [6.07, 6.45) is 30.1. The predicted octanol–water partition coefficient (Wildman–Crippen LogP) is 8.48. The van der Waals surface area contributed by atoms with E-state index in [1.165, 1.54) is 57.8 Å². The van der Waals surface area contributed by atoms with Crippen molar-refractivity contribution in [2.24, 2.45) is 0 Å². The monoisotopic (exact) mass is 645 g/mol. The number of hydrogen-bond donors (Lipinski definition) is 3. The quantitative estimate of drug-likeness (QED) is 0.0287. The van der Waals surface area contributed by atoms with Crippen molar-refractivity contribution in [3.8, 4) is 0 Å². The first-order valence-corrected chi connectivity index (χ1v) is 18.8. The molecule has 0 bridgehead atoms. The first-order valence-electron chi connectivity index (χ1n) is 17.3. The summed E-state index contributed by atoms with van der Waals surface area (Å²) in [6, 6.07) is 0. The van der Waals surface area contributed by atoms with Gasteiger partial charge in [-0.3, -0.25) is 18.6 Å². The van der Waals surface area contributed by atoms with Crippen LogP contribution in [-0.4, -0.2) is 54.3 Å². The van der Waals surface area contributed by atoms with E-state index < -0.39 is 26.5 Å². The molecule has 0 saturated carbocycles. The Morgan fingerprint density at radius 3 is 1.84 bits per heavy atom. The molecule has 0 aromatic heterocycles. The summed E-state index contributed by atoms with van der Waals surface area (Å²) in [5, 5.41) is 12.5. The molecule has 2 atom stereocenters. The minimum Gasteiger partial charge on any atom is -0.463 e. The van der Waals surface area contributed by atoms with Crippen LogP contribution in [0.5, 0.6) is 0 Å². The normalized spacial score (nSPS) is 13.8. The summed E-state index contributed by atoms with van der Waals surface area (Å²) in [5.74, 6) is -0.538. The Kier molecular flexibility index (Phi) is 30.4. The highest BCUT2D eigenvalue weighted by Gasteiger charge is 2.23. The number of amides is 1. The van der Waals surface area contributed by atoms with Crippen LogP contribution in [0.1, 0.15) is 149 Å². The molecule has 0 aromatic rings. The van der Waals surface area contributed by atoms with Crippen molar-refractivity contribution in [3.05, 3.63) is 24.3 Å². The number of ether oxygens (including phenoxy) is 1. The van der Waals surface area contributed by atoms with Crippen LogP contribution < -0.4 is 5.32 Å². The van der Waals surface area contributed by atoms with Crippen LogP contribution in [0.3, 0.4) is 0 Å². The van der Waals surface area contributed by atoms with Gasteiger partial charge in [0.05, 0.1) is 13.2 Å². The van der Waals surface area contributed by atoms with E-state index in [2.05, 4.69) is 43.5 Å². The van der Waals surface area contributed by atoms with Gasteiger partial charge < -0.3 is 20.1 Å². The Morgan fingerprint density at radius 1 is 0.705 bits per heavy atom. The van der Waals surface area contributed by atoms with Gasteiger partial charge in [-0.15, -0.1) is 0 Å². The van der Waals surface area contributed by atoms with Crippen LogP contribution in [0.25, 0.3) is 0 Å². The van der Waals surface area contributed by atoms with E-state index in [4.69, 9.17) is 13.8 Å². The van der Waals surface area contributed by atoms with Gasteiger partial charge in [0.15, 0.2) is 0 Å². The van der Waals surface area contributed by atoms with Gasteiger partial charge in [-0.25, -0.2) is 4.57 Å². The fourth-order valence-corrected chi connectivity index (χ4v) is 5.22. The Hall–Kier alpha value is -1.51. The minimum absolute atomic E-state index is 0.0783. The molecule has 0 rings (SSSR count). The van der Waals surface area contributed by atoms with E-state index in [9.17, 15) is 24.2 Å². The standard InChI is InChI=1S/C34H64NO8P/c1-3-5-7-9-10-11-12-13-14-15-16-17-18-19-20-21-23-24-26-33(37)35-28-29-42-44(39,40)43-31-32(36)30-41-34(38)27-25-22-8-6-4-2/h11-12,14-15,32,36H,3-10,13,16-31H2,1-2H3,(H,35,37)(H,39,40)/b12-11-,15-14-. The van der Waals surface area contributed by atoms with Crippen molar-refractivity contribution in [1.29, 1.82) is 0 Å². The van der Waals surface area contributed by atoms with Crippen LogP contribution >= 0.6 is 7.82 Å². The molecule has 1 amide bonds. The van der Waals surface area contributed by atoms with Gasteiger partial charge in [-0.1, -0.05) is 115 Å². The van der Waals surface area contributed by atoms with Crippen molar-refractivity contribution in [2.45, 2.75) is 155 Å². The average molecular weight is 646 g/mol. The number of phosphoric acid groups is 1. The lowest BCUT2D eigenvalue weighted by atomic mass is 10.1. The molecule has 258 valence electrons. The van der Waals surface area contributed by atoms with E-state index >= 15 is 0 Å². The minimum atomic E-state index is -4.40. The van der Waals surface area contributed by atoms with Crippen molar-refractivity contribution in [3.63, 3.8) is 0 Å². The lowest BCUT2D eigenvalue weighted by Crippen LogP contribution is -2.27. The fourth-order valence-electron chi connectivity index (χ4n) is 4.47. The largest absolute Gasteiger partial charge is 0.472 e. The predicted molar refractivity (Wildman–Crippen MR) is 178 cm³/mol. The molecule has 0 aliphatic carbocycles. The number of carbonyl (C=O) groups excluding carboxylic acids is 2. The van der Waals surface area contributed by atoms with Gasteiger partial charge in [-0.05, 0) is 44.9 Å². The SMILES string of the molecule is CCCCCC/C=C\C/C=C\CCCCCCCCCC(=O)NCCOP(=O)(O)OCC(O)COC(=O)CCCCCCC. The molecule has 0 aromatic carbocycles. The number of esters is 1. The smallest absolute Gasteiger partial charge is 0.463 e. The van der Waals surface area contributed by atoms with Gasteiger partial charge in [0.2, 0.25) is 5.91 Å². The zero-order valence-corrected chi connectivity index (χ0v) is 28.7. The van der Waals surface area contributed by atoms with Gasteiger partial charge in [0.1, 0.15) is 12.7 Å². The molecule has 0 radical (unpaired) electrons. The summed E-state index contributed by atoms with van der Waals surface area (Å²) in [4.78, 5) is 33.4. The van der Waals surface area contributed by atoms with Crippen LogP contribution in [0.4, 0.5) is 0 Å².